The molecule has 2 fully saturated rings. The Morgan fingerprint density at radius 1 is 1.00 bits per heavy atom. The largest absolute Gasteiger partial charge is 0.369 e. The first-order valence-corrected chi connectivity index (χ1v) is 17.4. The Balaban J connectivity index is 1.30. The lowest BCUT2D eigenvalue weighted by atomic mass is 9.85. The molecule has 0 spiro atoms. The van der Waals surface area contributed by atoms with Crippen LogP contribution >= 0.6 is 34.8 Å². The number of aryl methyl sites for hydroxylation is 1. The number of hydrogen-bond donors (Lipinski definition) is 3. The number of nitrogens with one attached hydrogen (secondary N) is 2. The van der Waals surface area contributed by atoms with Gasteiger partial charge in [0.05, 0.1) is 26.8 Å². The maximum absolute atomic E-state index is 13.4. The molecule has 238 valence electrons. The average Bonchev–Trinajstić information content (AvgIpc) is 3.36. The number of benzene rings is 2. The zero-order valence-corrected chi connectivity index (χ0v) is 27.6. The van der Waals surface area contributed by atoms with E-state index in [1.165, 1.54) is 4.31 Å². The lowest BCUT2D eigenvalue weighted by molar-refractivity contribution is -0.122. The van der Waals surface area contributed by atoms with E-state index in [2.05, 4.69) is 15.6 Å². The van der Waals surface area contributed by atoms with Crippen molar-refractivity contribution in [1.29, 1.82) is 0 Å². The van der Waals surface area contributed by atoms with E-state index in [1.807, 2.05) is 11.5 Å². The molecule has 1 aliphatic heterocycles. The maximum Gasteiger partial charge on any atom is 0.243 e. The van der Waals surface area contributed by atoms with Gasteiger partial charge in [0, 0.05) is 36.1 Å². The standard InChI is InChI=1S/C30H33Cl3N8O3S/c1-17-4-10-22(11-5-17)45(43,44)40-12-2-3-20(16-40)36-29-35-15-25-28(39-29)41(21-8-6-18(7-9-21)27(34)42)30(37-25)38-26-23(32)13-19(31)14-24(26)33/h4-5,10-11,13-15,18,20-21H,2-3,6-9,12,16H2,1H3,(H2,34,42)(H,37,38)(H,35,36,39)/t18-,20-,21+/m1/s1. The first-order valence-electron chi connectivity index (χ1n) is 14.8. The van der Waals surface area contributed by atoms with Gasteiger partial charge in [-0.15, -0.1) is 0 Å². The zero-order valence-electron chi connectivity index (χ0n) is 24.5. The predicted molar refractivity (Wildman–Crippen MR) is 177 cm³/mol. The van der Waals surface area contributed by atoms with Crippen LogP contribution in [0.4, 0.5) is 17.6 Å². The van der Waals surface area contributed by atoms with Gasteiger partial charge in [0.15, 0.2) is 5.65 Å². The molecule has 1 aliphatic carbocycles. The third-order valence-corrected chi connectivity index (χ3v) is 11.2. The Morgan fingerprint density at radius 3 is 2.36 bits per heavy atom. The average molecular weight is 692 g/mol. The molecule has 1 atom stereocenters. The summed E-state index contributed by atoms with van der Waals surface area (Å²) in [5.74, 6) is 0.368. The van der Waals surface area contributed by atoms with E-state index in [9.17, 15) is 13.2 Å². The van der Waals surface area contributed by atoms with Crippen molar-refractivity contribution < 1.29 is 13.2 Å². The summed E-state index contributed by atoms with van der Waals surface area (Å²) in [5, 5.41) is 7.71. The first kappa shape index (κ1) is 31.8. The number of carbonyl (C=O) groups is 1. The van der Waals surface area contributed by atoms with Gasteiger partial charge in [-0.25, -0.2) is 18.4 Å². The van der Waals surface area contributed by atoms with E-state index in [0.29, 0.717) is 82.5 Å². The fourth-order valence-corrected chi connectivity index (χ4v) is 8.54. The van der Waals surface area contributed by atoms with Gasteiger partial charge in [0.2, 0.25) is 27.8 Å². The summed E-state index contributed by atoms with van der Waals surface area (Å²) >= 11 is 19.1. The molecule has 4 aromatic rings. The second-order valence-electron chi connectivity index (χ2n) is 11.6. The Hall–Kier alpha value is -3.16. The zero-order chi connectivity index (χ0) is 31.9. The van der Waals surface area contributed by atoms with E-state index in [4.69, 9.17) is 50.5 Å². The van der Waals surface area contributed by atoms with Crippen molar-refractivity contribution in [3.05, 3.63) is 63.2 Å². The molecule has 45 heavy (non-hydrogen) atoms. The number of hydrogen-bond acceptors (Lipinski definition) is 8. The summed E-state index contributed by atoms with van der Waals surface area (Å²) < 4.78 is 30.2. The molecule has 4 N–H and O–H groups in total. The maximum atomic E-state index is 13.4. The van der Waals surface area contributed by atoms with Crippen molar-refractivity contribution in [3.63, 3.8) is 0 Å². The number of halogens is 3. The van der Waals surface area contributed by atoms with Crippen LogP contribution in [0.25, 0.3) is 11.2 Å². The van der Waals surface area contributed by atoms with Crippen LogP contribution in [0.1, 0.15) is 50.1 Å². The molecule has 2 aromatic carbocycles. The number of amides is 1. The minimum absolute atomic E-state index is 0.0366. The number of rotatable bonds is 8. The van der Waals surface area contributed by atoms with Gasteiger partial charge in [0.25, 0.3) is 0 Å². The molecule has 1 saturated heterocycles. The number of nitrogens with two attached hydrogens (primary N) is 1. The summed E-state index contributed by atoms with van der Waals surface area (Å²) in [5.41, 5.74) is 8.18. The minimum atomic E-state index is -3.64. The van der Waals surface area contributed by atoms with Gasteiger partial charge < -0.3 is 16.4 Å². The Bertz CT molecular complexity index is 1820. The normalized spacial score (nSPS) is 21.1. The highest BCUT2D eigenvalue weighted by atomic mass is 35.5. The number of carbonyl (C=O) groups excluding carboxylic acids is 1. The summed E-state index contributed by atoms with van der Waals surface area (Å²) in [6.45, 7) is 2.65. The van der Waals surface area contributed by atoms with Gasteiger partial charge in [0.1, 0.15) is 5.52 Å². The molecule has 11 nitrogen and oxygen atoms in total. The third-order valence-electron chi connectivity index (χ3n) is 8.52. The highest BCUT2D eigenvalue weighted by Crippen LogP contribution is 2.40. The molecule has 2 aliphatic rings. The van der Waals surface area contributed by atoms with Gasteiger partial charge in [-0.2, -0.15) is 9.29 Å². The second kappa shape index (κ2) is 12.9. The summed E-state index contributed by atoms with van der Waals surface area (Å²) in [6, 6.07) is 9.86. The summed E-state index contributed by atoms with van der Waals surface area (Å²) in [4.78, 5) is 26.3. The Kier molecular flexibility index (Phi) is 9.13. The monoisotopic (exact) mass is 690 g/mol. The van der Waals surface area contributed by atoms with Crippen LogP contribution in [0, 0.1) is 12.8 Å². The lowest BCUT2D eigenvalue weighted by Gasteiger charge is -2.32. The van der Waals surface area contributed by atoms with Crippen molar-refractivity contribution in [2.24, 2.45) is 11.7 Å². The van der Waals surface area contributed by atoms with Crippen LogP contribution in [0.3, 0.4) is 0 Å². The second-order valence-corrected chi connectivity index (χ2v) is 14.8. The summed E-state index contributed by atoms with van der Waals surface area (Å²) in [7, 11) is -3.64. The van der Waals surface area contributed by atoms with Crippen LogP contribution in [-0.4, -0.2) is 57.3 Å². The molecule has 1 amide bonds. The smallest absolute Gasteiger partial charge is 0.243 e. The number of aromatic nitrogens is 4. The number of anilines is 3. The molecule has 3 heterocycles. The van der Waals surface area contributed by atoms with E-state index >= 15 is 0 Å². The van der Waals surface area contributed by atoms with Crippen LogP contribution in [-0.2, 0) is 14.8 Å². The fourth-order valence-electron chi connectivity index (χ4n) is 6.11. The van der Waals surface area contributed by atoms with Gasteiger partial charge in [-0.3, -0.25) is 9.36 Å². The molecule has 1 saturated carbocycles. The van der Waals surface area contributed by atoms with Gasteiger partial charge in [-0.05, 0) is 69.7 Å². The number of piperidine rings is 1. The molecule has 2 aromatic heterocycles. The van der Waals surface area contributed by atoms with Crippen LogP contribution < -0.4 is 16.4 Å². The topological polar surface area (TPSA) is 148 Å². The van der Waals surface area contributed by atoms with Crippen LogP contribution in [0.5, 0.6) is 0 Å². The van der Waals surface area contributed by atoms with Crippen molar-refractivity contribution >= 4 is 79.5 Å². The van der Waals surface area contributed by atoms with Crippen molar-refractivity contribution in [3.8, 4) is 0 Å². The van der Waals surface area contributed by atoms with Crippen molar-refractivity contribution in [2.45, 2.75) is 62.4 Å². The van der Waals surface area contributed by atoms with E-state index in [0.717, 1.165) is 12.0 Å². The molecular formula is C30H33Cl3N8O3S. The number of imidazole rings is 1. The number of sulfonamides is 1. The predicted octanol–water partition coefficient (Wildman–Crippen LogP) is 6.32. The fraction of sp³-hybridized carbons (Fsp3) is 0.400. The van der Waals surface area contributed by atoms with Crippen LogP contribution in [0.2, 0.25) is 15.1 Å². The quantitative estimate of drug-likeness (QED) is 0.195. The Morgan fingerprint density at radius 2 is 1.69 bits per heavy atom. The minimum Gasteiger partial charge on any atom is -0.369 e. The number of fused-ring (bicyclic) bond motifs is 1. The molecular weight excluding hydrogens is 659 g/mol. The lowest BCUT2D eigenvalue weighted by Crippen LogP contribution is -2.45. The highest BCUT2D eigenvalue weighted by molar-refractivity contribution is 7.89. The van der Waals surface area contributed by atoms with Crippen LogP contribution in [0.15, 0.2) is 47.5 Å². The number of nitrogens with zero attached hydrogens (tertiary/aromatic N) is 5. The molecule has 0 bridgehead atoms. The van der Waals surface area contributed by atoms with E-state index < -0.39 is 10.0 Å². The first-order chi connectivity index (χ1) is 21.5. The van der Waals surface area contributed by atoms with Gasteiger partial charge >= 0.3 is 0 Å². The number of primary amides is 1. The summed E-state index contributed by atoms with van der Waals surface area (Å²) in [6.07, 6.45) is 5.77. The van der Waals surface area contributed by atoms with Gasteiger partial charge in [-0.1, -0.05) is 52.5 Å². The van der Waals surface area contributed by atoms with E-state index in [1.54, 1.807) is 42.6 Å². The van der Waals surface area contributed by atoms with Crippen molar-refractivity contribution in [1.82, 2.24) is 23.8 Å². The third kappa shape index (κ3) is 6.71. The molecule has 6 rings (SSSR count). The highest BCUT2D eigenvalue weighted by Gasteiger charge is 2.32. The molecule has 15 heteroatoms. The van der Waals surface area contributed by atoms with Crippen molar-refractivity contribution in [2.75, 3.05) is 23.7 Å². The SMILES string of the molecule is Cc1ccc(S(=O)(=O)N2CCC[C@@H](Nc3ncc4nc(Nc5c(Cl)cc(Cl)cc5Cl)n([C@H]5CC[C@@H](C(N)=O)CC5)c4n3)C2)cc1. The van der Waals surface area contributed by atoms with E-state index in [-0.39, 0.29) is 35.3 Å². The Labute approximate surface area is 276 Å². The molecule has 0 radical (unpaired) electrons. The molecule has 0 unspecified atom stereocenters.